The molecule has 11 aromatic rings. The number of nitrogens with zero attached hydrogens (tertiary/aromatic N) is 1. The lowest BCUT2D eigenvalue weighted by Crippen LogP contribution is -2.38. The minimum atomic E-state index is -0.986. The molecule has 11 rings (SSSR count). The summed E-state index contributed by atoms with van der Waals surface area (Å²) in [6, 6.07) is 89.1. The van der Waals surface area contributed by atoms with E-state index in [1.807, 2.05) is 176 Å². The monoisotopic (exact) mass is 1570 g/mol. The van der Waals surface area contributed by atoms with Gasteiger partial charge in [0, 0.05) is 41.2 Å². The molecule has 5 N–H and O–H groups in total. The van der Waals surface area contributed by atoms with E-state index in [1.54, 1.807) is 18.2 Å². The number of carbonyl (C=O) groups excluding carboxylic acids is 4. The van der Waals surface area contributed by atoms with Gasteiger partial charge in [-0.3, -0.25) is 4.90 Å². The average Bonchev–Trinajstić information content (AvgIpc) is 0.445. The Labute approximate surface area is 684 Å². The van der Waals surface area contributed by atoms with Gasteiger partial charge in [-0.2, -0.15) is 0 Å². The summed E-state index contributed by atoms with van der Waals surface area (Å²) in [4.78, 5) is 59.4. The molecule has 0 heterocycles. The number of phenolic OH excluding ortho intramolecular Hbond substituents is 3. The molecule has 11 aromatic carbocycles. The van der Waals surface area contributed by atoms with Crippen LogP contribution in [0, 0.1) is 0 Å². The standard InChI is InChI=1S/C30H37NO3.C24H22O3.C16H14O3.C8H8O3.C8H8.C7H6O3.C6H15N/c1-22(2)31(23(3)4)19-18-27(25-14-10-7-11-15-25)28-20-26(30(32)33-5)16-17-29(28)34-21-24-12-8-6-9-13-24;1-18(20-11-7-4-8-12-20)23-15-21(24(25)26-2)13-14-22(23)17-27-16-19-9-5-3-6-10-19;1-11(12-6-4-3-5-7-12)14-10-13(16(18)19-2)8-9-15(14)17;1-11-8(10)6-2-4-7(9)5-3-6;1-2-8-6-4-3-5-7-8;8-6-3-1-5(2-4-6)7(9)10;1-5(2)7-6(3)4/h6-17,20,22-23,27H,18-19,21H2,1-5H3;3-15H,1,16-17H2,2H3;3-10,17H,1H2,2H3;2-5,9H,1H3;2-7H,1H2;1-4,8H,(H,9,10);5-7H,1-4H3/t27-;;;;;;/m1....../s1. The van der Waals surface area contributed by atoms with Crippen molar-refractivity contribution in [3.63, 3.8) is 0 Å². The first-order chi connectivity index (χ1) is 55.7. The number of phenols is 3. The number of esters is 4. The number of carbonyl (C=O) groups is 5. The van der Waals surface area contributed by atoms with Gasteiger partial charge in [0.05, 0.1) is 69.5 Å². The lowest BCUT2D eigenvalue weighted by molar-refractivity contribution is 0.0591. The molecular weight excluding hydrogens is 1460 g/mol. The molecule has 0 aliphatic heterocycles. The van der Waals surface area contributed by atoms with Crippen molar-refractivity contribution in [2.24, 2.45) is 0 Å². The number of rotatable bonds is 26. The fourth-order valence-corrected chi connectivity index (χ4v) is 11.8. The van der Waals surface area contributed by atoms with Gasteiger partial charge in [0.25, 0.3) is 0 Å². The fraction of sp³-hybridized carbons (Fsp3) is 0.222. The second-order valence-electron chi connectivity index (χ2n) is 27.4. The number of carboxylic acid groups (broad SMARTS) is 1. The highest BCUT2D eigenvalue weighted by atomic mass is 16.5. The van der Waals surface area contributed by atoms with Crippen LogP contribution in [-0.2, 0) is 43.5 Å². The van der Waals surface area contributed by atoms with Crippen LogP contribution < -0.4 is 10.1 Å². The third kappa shape index (κ3) is 32.6. The molecule has 0 fully saturated rings. The third-order valence-electron chi connectivity index (χ3n) is 17.6. The molecule has 0 aromatic heterocycles. The Morgan fingerprint density at radius 2 is 0.793 bits per heavy atom. The zero-order chi connectivity index (χ0) is 84.9. The zero-order valence-electron chi connectivity index (χ0n) is 68.5. The van der Waals surface area contributed by atoms with Crippen LogP contribution in [0.2, 0.25) is 0 Å². The molecule has 0 bridgehead atoms. The highest BCUT2D eigenvalue weighted by molar-refractivity contribution is 5.94. The lowest BCUT2D eigenvalue weighted by atomic mass is 9.86. The van der Waals surface area contributed by atoms with Crippen molar-refractivity contribution in [2.45, 2.75) is 112 Å². The van der Waals surface area contributed by atoms with E-state index in [4.69, 9.17) is 34.3 Å². The SMILES string of the molecule is C=C(c1ccccc1)c1cc(C(=O)OC)ccc1COCc1ccccc1.C=C(c1ccccc1)c1cc(C(=O)OC)ccc1O.C=Cc1ccccc1.CC(C)NC(C)C.COC(=O)c1ccc(O)cc1.COC(=O)c1ccc(OCc2ccccc2)c([C@H](CCN(C(C)C)C(C)C)c2ccccc2)c1.O=C(O)c1ccc(O)cc1. The smallest absolute Gasteiger partial charge is 0.337 e. The van der Waals surface area contributed by atoms with Crippen LogP contribution in [0.3, 0.4) is 0 Å². The van der Waals surface area contributed by atoms with Crippen LogP contribution in [0.15, 0.2) is 305 Å². The normalized spacial score (nSPS) is 10.6. The Hall–Kier alpha value is -12.9. The summed E-state index contributed by atoms with van der Waals surface area (Å²) < 4.78 is 31.2. The Balaban J connectivity index is 0.000000260. The first-order valence-corrected chi connectivity index (χ1v) is 38.0. The lowest BCUT2D eigenvalue weighted by Gasteiger charge is -2.32. The van der Waals surface area contributed by atoms with Crippen LogP contribution in [0.25, 0.3) is 17.2 Å². The first kappa shape index (κ1) is 93.7. The topological polar surface area (TPSA) is 237 Å². The molecular formula is C99H110N2O15. The van der Waals surface area contributed by atoms with Gasteiger partial charge in [-0.25, -0.2) is 24.0 Å². The Morgan fingerprint density at radius 3 is 1.22 bits per heavy atom. The van der Waals surface area contributed by atoms with Gasteiger partial charge >= 0.3 is 29.8 Å². The van der Waals surface area contributed by atoms with E-state index >= 15 is 0 Å². The van der Waals surface area contributed by atoms with Crippen LogP contribution in [0.4, 0.5) is 0 Å². The predicted molar refractivity (Wildman–Crippen MR) is 464 cm³/mol. The number of aromatic hydroxyl groups is 3. The van der Waals surface area contributed by atoms with Crippen LogP contribution >= 0.6 is 0 Å². The number of nitrogens with one attached hydrogen (secondary N) is 1. The Bertz CT molecular complexity index is 4770. The van der Waals surface area contributed by atoms with Gasteiger partial charge < -0.3 is 54.2 Å². The number of ether oxygens (including phenoxy) is 6. The molecule has 0 aliphatic carbocycles. The van der Waals surface area contributed by atoms with Crippen molar-refractivity contribution >= 4 is 47.1 Å². The first-order valence-electron chi connectivity index (χ1n) is 38.0. The van der Waals surface area contributed by atoms with Gasteiger partial charge in [0.1, 0.15) is 29.6 Å². The Morgan fingerprint density at radius 1 is 0.414 bits per heavy atom. The number of hydrogen-bond donors (Lipinski definition) is 5. The Kier molecular flexibility index (Phi) is 41.1. The summed E-state index contributed by atoms with van der Waals surface area (Å²) in [5.74, 6) is -1.36. The molecule has 17 heteroatoms. The van der Waals surface area contributed by atoms with E-state index < -0.39 is 17.9 Å². The van der Waals surface area contributed by atoms with Crippen molar-refractivity contribution < 1.29 is 72.8 Å². The summed E-state index contributed by atoms with van der Waals surface area (Å²) in [5.41, 5.74) is 13.4. The second-order valence-corrected chi connectivity index (χ2v) is 27.4. The molecule has 17 nitrogen and oxygen atoms in total. The maximum atomic E-state index is 12.4. The third-order valence-corrected chi connectivity index (χ3v) is 17.6. The summed E-state index contributed by atoms with van der Waals surface area (Å²) in [5, 5.41) is 39.2. The van der Waals surface area contributed by atoms with E-state index in [0.29, 0.717) is 77.4 Å². The van der Waals surface area contributed by atoms with Gasteiger partial charge in [-0.05, 0) is 193 Å². The molecule has 0 unspecified atom stereocenters. The van der Waals surface area contributed by atoms with E-state index in [9.17, 15) is 29.1 Å². The van der Waals surface area contributed by atoms with E-state index in [0.717, 1.165) is 63.2 Å². The molecule has 1 atom stereocenters. The summed E-state index contributed by atoms with van der Waals surface area (Å²) >= 11 is 0. The summed E-state index contributed by atoms with van der Waals surface area (Å²) in [7, 11) is 5.43. The van der Waals surface area contributed by atoms with E-state index in [2.05, 4.69) is 131 Å². The highest BCUT2D eigenvalue weighted by Gasteiger charge is 2.24. The number of methoxy groups -OCH3 is 4. The number of aromatic carboxylic acids is 1. The summed E-state index contributed by atoms with van der Waals surface area (Å²) in [6.07, 6.45) is 2.74. The summed E-state index contributed by atoms with van der Waals surface area (Å²) in [6.45, 7) is 31.8. The molecule has 0 saturated carbocycles. The maximum Gasteiger partial charge on any atom is 0.337 e. The molecule has 116 heavy (non-hydrogen) atoms. The molecule has 0 radical (unpaired) electrons. The number of hydrogen-bond acceptors (Lipinski definition) is 16. The van der Waals surface area contributed by atoms with Crippen LogP contribution in [0.1, 0.15) is 175 Å². The number of benzene rings is 11. The van der Waals surface area contributed by atoms with E-state index in [1.165, 1.54) is 100 Å². The minimum absolute atomic E-state index is 0.0741. The van der Waals surface area contributed by atoms with Gasteiger partial charge in [0.15, 0.2) is 0 Å². The molecule has 0 saturated heterocycles. The van der Waals surface area contributed by atoms with Crippen molar-refractivity contribution in [3.05, 3.63) is 388 Å². The number of carboxylic acids is 1. The van der Waals surface area contributed by atoms with Crippen molar-refractivity contribution in [2.75, 3.05) is 35.0 Å². The second kappa shape index (κ2) is 50.9. The van der Waals surface area contributed by atoms with Gasteiger partial charge in [-0.1, -0.05) is 242 Å². The maximum absolute atomic E-state index is 12.4. The zero-order valence-corrected chi connectivity index (χ0v) is 68.5. The average molecular weight is 1570 g/mol. The molecule has 0 aliphatic rings. The quantitative estimate of drug-likeness (QED) is 0.0250. The molecule has 606 valence electrons. The van der Waals surface area contributed by atoms with Gasteiger partial charge in [0.2, 0.25) is 0 Å². The van der Waals surface area contributed by atoms with Gasteiger partial charge in [-0.15, -0.1) is 0 Å². The predicted octanol–water partition coefficient (Wildman–Crippen LogP) is 21.2. The fourth-order valence-electron chi connectivity index (χ4n) is 11.8. The van der Waals surface area contributed by atoms with Crippen molar-refractivity contribution in [1.82, 2.24) is 10.2 Å². The van der Waals surface area contributed by atoms with Crippen LogP contribution in [-0.4, -0.2) is 114 Å². The van der Waals surface area contributed by atoms with E-state index in [-0.39, 0.29) is 40.7 Å². The molecule has 0 amide bonds. The highest BCUT2D eigenvalue weighted by Crippen LogP contribution is 2.37. The van der Waals surface area contributed by atoms with Crippen LogP contribution in [0.5, 0.6) is 23.0 Å². The van der Waals surface area contributed by atoms with Crippen molar-refractivity contribution in [3.8, 4) is 23.0 Å². The van der Waals surface area contributed by atoms with Crippen molar-refractivity contribution in [1.29, 1.82) is 0 Å². The largest absolute Gasteiger partial charge is 0.508 e. The molecule has 0 spiro atoms. The minimum Gasteiger partial charge on any atom is -0.508 e.